The fraction of sp³-hybridized carbons (Fsp3) is 0.483. The van der Waals surface area contributed by atoms with Crippen LogP contribution in [0.25, 0.3) is 0 Å². The Morgan fingerprint density at radius 1 is 0.941 bits per heavy atom. The normalized spacial score (nSPS) is 24.7. The minimum absolute atomic E-state index is 0.00367. The molecular weight excluding hydrogens is 438 g/mol. The average Bonchev–Trinajstić information content (AvgIpc) is 3.34. The lowest BCUT2D eigenvalue weighted by Gasteiger charge is -2.47. The predicted molar refractivity (Wildman–Crippen MR) is 140 cm³/mol. The van der Waals surface area contributed by atoms with Crippen molar-refractivity contribution in [2.75, 3.05) is 0 Å². The first-order valence-electron chi connectivity index (χ1n) is 12.2. The van der Waals surface area contributed by atoms with Gasteiger partial charge in [-0.05, 0) is 49.0 Å². The van der Waals surface area contributed by atoms with Crippen LogP contribution in [0.1, 0.15) is 54.4 Å². The fourth-order valence-corrected chi connectivity index (χ4v) is 10.6. The quantitative estimate of drug-likeness (QED) is 0.463. The zero-order chi connectivity index (χ0) is 24.7. The van der Waals surface area contributed by atoms with Crippen molar-refractivity contribution in [3.05, 3.63) is 60.7 Å². The monoisotopic (exact) mass is 475 g/mol. The Balaban J connectivity index is 1.71. The maximum Gasteiger partial charge on any atom is 0.411 e. The van der Waals surface area contributed by atoms with Crippen LogP contribution in [-0.4, -0.2) is 43.1 Å². The minimum atomic E-state index is -2.68. The standard InChI is InChI=1S/C29H37NO3Si/c1-8-25-24-19-21(30(25)27(31)32-28(2,3)4)20-26(24)33-34(29(5,6)7,22-15-11-9-12-16-22)23-17-13-10-14-18-23/h1,9-18,21,24-26H,19-20H2,2-7H3/t21-,24-,25+,26+/m1/s1. The van der Waals surface area contributed by atoms with Crippen LogP contribution in [0.5, 0.6) is 0 Å². The second-order valence-electron chi connectivity index (χ2n) is 11.6. The number of ether oxygens (including phenoxy) is 1. The van der Waals surface area contributed by atoms with Crippen LogP contribution < -0.4 is 10.4 Å². The molecule has 1 saturated heterocycles. The number of hydrogen-bond donors (Lipinski definition) is 0. The summed E-state index contributed by atoms with van der Waals surface area (Å²) in [5, 5.41) is 2.42. The Kier molecular flexibility index (Phi) is 6.44. The Bertz CT molecular complexity index is 1010. The van der Waals surface area contributed by atoms with Gasteiger partial charge in [0.25, 0.3) is 8.32 Å². The lowest BCUT2D eigenvalue weighted by molar-refractivity contribution is 0.000822. The van der Waals surface area contributed by atoms with E-state index in [0.29, 0.717) is 0 Å². The lowest BCUT2D eigenvalue weighted by atomic mass is 9.97. The number of carbonyl (C=O) groups is 1. The molecule has 1 saturated carbocycles. The Morgan fingerprint density at radius 3 is 1.91 bits per heavy atom. The highest BCUT2D eigenvalue weighted by atomic mass is 28.4. The SMILES string of the molecule is C#C[C@H]1[C@H]2C[C@H](C[C@@H]2O[Si](c2ccccc2)(c2ccccc2)C(C)(C)C)N1C(=O)OC(C)(C)C. The van der Waals surface area contributed by atoms with Crippen molar-refractivity contribution in [3.63, 3.8) is 0 Å². The molecule has 2 bridgehead atoms. The molecule has 1 heterocycles. The first-order chi connectivity index (χ1) is 16.0. The van der Waals surface area contributed by atoms with Crippen LogP contribution in [0.15, 0.2) is 60.7 Å². The van der Waals surface area contributed by atoms with E-state index >= 15 is 0 Å². The number of nitrogens with zero attached hydrogens (tertiary/aromatic N) is 1. The summed E-state index contributed by atoms with van der Waals surface area (Å²) in [5.74, 6) is 3.01. The molecule has 4 rings (SSSR count). The van der Waals surface area contributed by atoms with E-state index in [1.54, 1.807) is 4.90 Å². The van der Waals surface area contributed by atoms with Gasteiger partial charge in [0.15, 0.2) is 0 Å². The van der Waals surface area contributed by atoms with Crippen molar-refractivity contribution in [3.8, 4) is 12.3 Å². The van der Waals surface area contributed by atoms with Crippen LogP contribution in [0.2, 0.25) is 5.04 Å². The summed E-state index contributed by atoms with van der Waals surface area (Å²) in [5.41, 5.74) is -0.553. The number of fused-ring (bicyclic) bond motifs is 2. The molecule has 4 nitrogen and oxygen atoms in total. The second kappa shape index (κ2) is 8.91. The summed E-state index contributed by atoms with van der Waals surface area (Å²) in [6.07, 6.45) is 7.33. The van der Waals surface area contributed by atoms with E-state index in [0.717, 1.165) is 12.8 Å². The van der Waals surface area contributed by atoms with Gasteiger partial charge in [-0.2, -0.15) is 0 Å². The first kappa shape index (κ1) is 24.6. The summed E-state index contributed by atoms with van der Waals surface area (Å²) in [6.45, 7) is 12.5. The number of hydrogen-bond acceptors (Lipinski definition) is 3. The molecular formula is C29H37NO3Si. The van der Waals surface area contributed by atoms with Crippen LogP contribution in [-0.2, 0) is 9.16 Å². The molecule has 2 aliphatic rings. The van der Waals surface area contributed by atoms with E-state index in [1.807, 2.05) is 20.8 Å². The summed E-state index contributed by atoms with van der Waals surface area (Å²) in [4.78, 5) is 14.8. The van der Waals surface area contributed by atoms with E-state index in [-0.39, 0.29) is 35.2 Å². The maximum atomic E-state index is 13.0. The van der Waals surface area contributed by atoms with Gasteiger partial charge in [0, 0.05) is 12.0 Å². The Labute approximate surface area is 205 Å². The van der Waals surface area contributed by atoms with Gasteiger partial charge < -0.3 is 9.16 Å². The third kappa shape index (κ3) is 4.30. The molecule has 180 valence electrons. The topological polar surface area (TPSA) is 38.8 Å². The second-order valence-corrected chi connectivity index (χ2v) is 15.9. The van der Waals surface area contributed by atoms with Crippen molar-refractivity contribution in [2.45, 2.75) is 83.2 Å². The number of likely N-dealkylation sites (tertiary alicyclic amines) is 1. The smallest absolute Gasteiger partial charge is 0.411 e. The van der Waals surface area contributed by atoms with E-state index in [4.69, 9.17) is 15.6 Å². The molecule has 2 fully saturated rings. The Hall–Kier alpha value is -2.55. The van der Waals surface area contributed by atoms with Crippen molar-refractivity contribution in [1.82, 2.24) is 4.90 Å². The number of benzene rings is 2. The third-order valence-corrected chi connectivity index (χ3v) is 12.2. The van der Waals surface area contributed by atoms with Crippen LogP contribution >= 0.6 is 0 Å². The number of terminal acetylenes is 1. The predicted octanol–water partition coefficient (Wildman–Crippen LogP) is 4.96. The third-order valence-electron chi connectivity index (χ3n) is 7.14. The number of piperidine rings is 1. The van der Waals surface area contributed by atoms with Gasteiger partial charge in [0.05, 0.1) is 6.10 Å². The fourth-order valence-electron chi connectivity index (χ4n) is 5.83. The molecule has 1 amide bonds. The van der Waals surface area contributed by atoms with Crippen molar-refractivity contribution in [1.29, 1.82) is 0 Å². The minimum Gasteiger partial charge on any atom is -0.444 e. The maximum absolute atomic E-state index is 13.0. The zero-order valence-electron chi connectivity index (χ0n) is 21.2. The molecule has 0 aromatic heterocycles. The van der Waals surface area contributed by atoms with Gasteiger partial charge in [-0.3, -0.25) is 4.90 Å². The highest BCUT2D eigenvalue weighted by molar-refractivity contribution is 6.99. The summed E-state index contributed by atoms with van der Waals surface area (Å²) in [7, 11) is -2.68. The van der Waals surface area contributed by atoms with Crippen molar-refractivity contribution >= 4 is 24.8 Å². The highest BCUT2D eigenvalue weighted by Gasteiger charge is 2.59. The summed E-state index contributed by atoms with van der Waals surface area (Å²) >= 11 is 0. The van der Waals surface area contributed by atoms with E-state index in [2.05, 4.69) is 87.4 Å². The van der Waals surface area contributed by atoms with Crippen LogP contribution in [0, 0.1) is 18.3 Å². The zero-order valence-corrected chi connectivity index (χ0v) is 22.2. The highest BCUT2D eigenvalue weighted by Crippen LogP contribution is 2.48. The van der Waals surface area contributed by atoms with Gasteiger partial charge in [0.1, 0.15) is 11.6 Å². The summed E-state index contributed by atoms with van der Waals surface area (Å²) in [6, 6.07) is 21.1. The molecule has 5 heteroatoms. The van der Waals surface area contributed by atoms with Gasteiger partial charge >= 0.3 is 6.09 Å². The molecule has 2 aromatic carbocycles. The lowest BCUT2D eigenvalue weighted by Crippen LogP contribution is -2.68. The molecule has 2 aromatic rings. The van der Waals surface area contributed by atoms with E-state index in [1.165, 1.54) is 10.4 Å². The largest absolute Gasteiger partial charge is 0.444 e. The van der Waals surface area contributed by atoms with E-state index in [9.17, 15) is 4.79 Å². The van der Waals surface area contributed by atoms with Gasteiger partial charge in [-0.1, -0.05) is 87.4 Å². The van der Waals surface area contributed by atoms with Gasteiger partial charge in [-0.25, -0.2) is 4.79 Å². The van der Waals surface area contributed by atoms with Gasteiger partial charge in [0.2, 0.25) is 0 Å². The molecule has 0 N–H and O–H groups in total. The average molecular weight is 476 g/mol. The molecule has 0 unspecified atom stereocenters. The number of amides is 1. The molecule has 1 aliphatic carbocycles. The molecule has 34 heavy (non-hydrogen) atoms. The van der Waals surface area contributed by atoms with Crippen LogP contribution in [0.3, 0.4) is 0 Å². The molecule has 0 spiro atoms. The number of carbonyl (C=O) groups excluding carboxylic acids is 1. The number of rotatable bonds is 4. The van der Waals surface area contributed by atoms with Crippen molar-refractivity contribution < 1.29 is 14.0 Å². The van der Waals surface area contributed by atoms with Gasteiger partial charge in [-0.15, -0.1) is 6.42 Å². The molecule has 4 atom stereocenters. The van der Waals surface area contributed by atoms with E-state index < -0.39 is 13.9 Å². The van der Waals surface area contributed by atoms with Crippen LogP contribution in [0.4, 0.5) is 4.79 Å². The summed E-state index contributed by atoms with van der Waals surface area (Å²) < 4.78 is 13.1. The van der Waals surface area contributed by atoms with Crippen molar-refractivity contribution in [2.24, 2.45) is 5.92 Å². The Morgan fingerprint density at radius 2 is 1.47 bits per heavy atom. The molecule has 0 radical (unpaired) electrons. The molecule has 1 aliphatic heterocycles. The first-order valence-corrected chi connectivity index (χ1v) is 14.1.